The van der Waals surface area contributed by atoms with Gasteiger partial charge in [-0.2, -0.15) is 4.98 Å². The molecule has 0 aliphatic carbocycles. The Morgan fingerprint density at radius 3 is 2.65 bits per heavy atom. The van der Waals surface area contributed by atoms with E-state index >= 15 is 0 Å². The molecule has 0 saturated heterocycles. The summed E-state index contributed by atoms with van der Waals surface area (Å²) in [6.07, 6.45) is 0. The first kappa shape index (κ1) is 19.0. The van der Waals surface area contributed by atoms with E-state index in [1.165, 1.54) is 0 Å². The van der Waals surface area contributed by atoms with Crippen LogP contribution in [0.3, 0.4) is 0 Å². The number of carbonyl (C=O) groups is 1. The van der Waals surface area contributed by atoms with Crippen molar-refractivity contribution in [3.63, 3.8) is 0 Å². The normalized spacial score (nSPS) is 13.7. The molecule has 1 unspecified atom stereocenters. The van der Waals surface area contributed by atoms with Crippen LogP contribution in [-0.2, 0) is 0 Å². The SMILES string of the molecule is Cc1noc(C(C)NC(=O)c2cc(-c3ccc4c(c3)OCCO4)nc3ccccc23)n1. The van der Waals surface area contributed by atoms with E-state index in [0.717, 1.165) is 16.5 Å². The van der Waals surface area contributed by atoms with Crippen molar-refractivity contribution in [3.8, 4) is 22.8 Å². The third kappa shape index (κ3) is 3.68. The maximum absolute atomic E-state index is 13.2. The second-order valence-electron chi connectivity index (χ2n) is 7.31. The zero-order chi connectivity index (χ0) is 21.4. The third-order valence-electron chi connectivity index (χ3n) is 5.06. The van der Waals surface area contributed by atoms with Gasteiger partial charge in [0, 0.05) is 10.9 Å². The second kappa shape index (κ2) is 7.71. The second-order valence-corrected chi connectivity index (χ2v) is 7.31. The summed E-state index contributed by atoms with van der Waals surface area (Å²) in [6, 6.07) is 14.6. The van der Waals surface area contributed by atoms with Crippen LogP contribution in [0.4, 0.5) is 0 Å². The summed E-state index contributed by atoms with van der Waals surface area (Å²) in [7, 11) is 0. The average molecular weight is 416 g/mol. The monoisotopic (exact) mass is 416 g/mol. The Kier molecular flexibility index (Phi) is 4.74. The first-order chi connectivity index (χ1) is 15.1. The summed E-state index contributed by atoms with van der Waals surface area (Å²) < 4.78 is 16.5. The Balaban J connectivity index is 1.54. The molecule has 2 aromatic heterocycles. The van der Waals surface area contributed by atoms with Gasteiger partial charge in [0.25, 0.3) is 5.91 Å². The van der Waals surface area contributed by atoms with Gasteiger partial charge in [0.05, 0.1) is 16.8 Å². The van der Waals surface area contributed by atoms with Crippen molar-refractivity contribution in [2.75, 3.05) is 13.2 Å². The summed E-state index contributed by atoms with van der Waals surface area (Å²) in [6.45, 7) is 4.57. The first-order valence-electron chi connectivity index (χ1n) is 9.99. The van der Waals surface area contributed by atoms with Gasteiger partial charge in [0.1, 0.15) is 19.3 Å². The molecule has 156 valence electrons. The fraction of sp³-hybridized carbons (Fsp3) is 0.217. The quantitative estimate of drug-likeness (QED) is 0.539. The van der Waals surface area contributed by atoms with E-state index < -0.39 is 6.04 Å². The molecule has 31 heavy (non-hydrogen) atoms. The predicted octanol–water partition coefficient (Wildman–Crippen LogP) is 3.86. The van der Waals surface area contributed by atoms with Crippen LogP contribution in [0, 0.1) is 6.92 Å². The fourth-order valence-corrected chi connectivity index (χ4v) is 3.54. The maximum Gasteiger partial charge on any atom is 0.252 e. The van der Waals surface area contributed by atoms with Crippen LogP contribution >= 0.6 is 0 Å². The third-order valence-corrected chi connectivity index (χ3v) is 5.06. The number of para-hydroxylation sites is 1. The molecule has 0 bridgehead atoms. The van der Waals surface area contributed by atoms with Crippen LogP contribution in [0.15, 0.2) is 53.1 Å². The summed E-state index contributed by atoms with van der Waals surface area (Å²) in [5, 5.41) is 7.49. The molecule has 1 aliphatic heterocycles. The van der Waals surface area contributed by atoms with Crippen molar-refractivity contribution in [3.05, 3.63) is 65.8 Å². The highest BCUT2D eigenvalue weighted by Gasteiger charge is 2.20. The van der Waals surface area contributed by atoms with Gasteiger partial charge in [-0.1, -0.05) is 23.4 Å². The Morgan fingerprint density at radius 2 is 1.84 bits per heavy atom. The Labute approximate surface area is 178 Å². The topological polar surface area (TPSA) is 99.4 Å². The number of fused-ring (bicyclic) bond motifs is 2. The van der Waals surface area contributed by atoms with Crippen LogP contribution in [0.25, 0.3) is 22.2 Å². The van der Waals surface area contributed by atoms with Crippen molar-refractivity contribution < 1.29 is 18.8 Å². The van der Waals surface area contributed by atoms with E-state index in [1.54, 1.807) is 19.9 Å². The molecule has 8 heteroatoms. The van der Waals surface area contributed by atoms with E-state index in [4.69, 9.17) is 19.0 Å². The zero-order valence-corrected chi connectivity index (χ0v) is 17.1. The van der Waals surface area contributed by atoms with Gasteiger partial charge in [-0.25, -0.2) is 4.98 Å². The number of rotatable bonds is 4. The molecule has 0 saturated carbocycles. The highest BCUT2D eigenvalue weighted by Crippen LogP contribution is 2.35. The minimum absolute atomic E-state index is 0.249. The van der Waals surface area contributed by atoms with Crippen LogP contribution in [0.5, 0.6) is 11.5 Å². The average Bonchev–Trinajstić information content (AvgIpc) is 3.24. The summed E-state index contributed by atoms with van der Waals surface area (Å²) in [5.74, 6) is 2.01. The minimum atomic E-state index is -0.432. The maximum atomic E-state index is 13.2. The van der Waals surface area contributed by atoms with Gasteiger partial charge < -0.3 is 19.3 Å². The number of hydrogen-bond donors (Lipinski definition) is 1. The van der Waals surface area contributed by atoms with E-state index in [9.17, 15) is 4.79 Å². The van der Waals surface area contributed by atoms with Gasteiger partial charge in [-0.3, -0.25) is 4.79 Å². The van der Waals surface area contributed by atoms with Crippen LogP contribution < -0.4 is 14.8 Å². The number of hydrogen-bond acceptors (Lipinski definition) is 7. The summed E-state index contributed by atoms with van der Waals surface area (Å²) in [4.78, 5) is 22.1. The molecule has 0 fully saturated rings. The number of pyridine rings is 1. The van der Waals surface area contributed by atoms with Gasteiger partial charge in [0.15, 0.2) is 17.3 Å². The number of nitrogens with zero attached hydrogens (tertiary/aromatic N) is 3. The van der Waals surface area contributed by atoms with Gasteiger partial charge in [-0.05, 0) is 44.2 Å². The molecule has 1 N–H and O–H groups in total. The molecule has 5 rings (SSSR count). The summed E-state index contributed by atoms with van der Waals surface area (Å²) in [5.41, 5.74) is 2.74. The Bertz CT molecular complexity index is 1280. The lowest BCUT2D eigenvalue weighted by atomic mass is 10.0. The zero-order valence-electron chi connectivity index (χ0n) is 17.1. The molecule has 0 radical (unpaired) electrons. The van der Waals surface area contributed by atoms with Crippen molar-refractivity contribution in [2.24, 2.45) is 0 Å². The van der Waals surface area contributed by atoms with E-state index in [2.05, 4.69) is 15.5 Å². The number of benzene rings is 2. The molecule has 1 aliphatic rings. The number of ether oxygens (including phenoxy) is 2. The van der Waals surface area contributed by atoms with Crippen LogP contribution in [0.2, 0.25) is 0 Å². The van der Waals surface area contributed by atoms with Crippen LogP contribution in [0.1, 0.15) is 35.0 Å². The van der Waals surface area contributed by atoms with Crippen molar-refractivity contribution in [2.45, 2.75) is 19.9 Å². The van der Waals surface area contributed by atoms with Crippen molar-refractivity contribution >= 4 is 16.8 Å². The molecule has 3 heterocycles. The minimum Gasteiger partial charge on any atom is -0.486 e. The van der Waals surface area contributed by atoms with Crippen molar-refractivity contribution in [1.29, 1.82) is 0 Å². The molecule has 0 spiro atoms. The van der Waals surface area contributed by atoms with Gasteiger partial charge in [0.2, 0.25) is 5.89 Å². The highest BCUT2D eigenvalue weighted by molar-refractivity contribution is 6.07. The smallest absolute Gasteiger partial charge is 0.252 e. The number of nitrogens with one attached hydrogen (secondary N) is 1. The molecule has 2 aromatic carbocycles. The molecule has 1 atom stereocenters. The van der Waals surface area contributed by atoms with E-state index in [-0.39, 0.29) is 5.91 Å². The van der Waals surface area contributed by atoms with E-state index in [1.807, 2.05) is 42.5 Å². The van der Waals surface area contributed by atoms with Gasteiger partial charge in [-0.15, -0.1) is 0 Å². The molecule has 8 nitrogen and oxygen atoms in total. The highest BCUT2D eigenvalue weighted by atomic mass is 16.6. The summed E-state index contributed by atoms with van der Waals surface area (Å²) >= 11 is 0. The number of aryl methyl sites for hydroxylation is 1. The molecular weight excluding hydrogens is 396 g/mol. The number of carbonyl (C=O) groups excluding carboxylic acids is 1. The van der Waals surface area contributed by atoms with Crippen molar-refractivity contribution in [1.82, 2.24) is 20.4 Å². The number of aromatic nitrogens is 3. The van der Waals surface area contributed by atoms with E-state index in [0.29, 0.717) is 47.7 Å². The Morgan fingerprint density at radius 1 is 1.03 bits per heavy atom. The fourth-order valence-electron chi connectivity index (χ4n) is 3.54. The molecule has 1 amide bonds. The standard InChI is InChI=1S/C23H20N4O4/c1-13(23-25-14(2)27-31-23)24-22(28)17-12-19(26-18-6-4-3-5-16(17)18)15-7-8-20-21(11-15)30-10-9-29-20/h3-8,11-13H,9-10H2,1-2H3,(H,24,28). The van der Waals surface area contributed by atoms with Crippen LogP contribution in [-0.4, -0.2) is 34.2 Å². The first-order valence-corrected chi connectivity index (χ1v) is 9.99. The lowest BCUT2D eigenvalue weighted by molar-refractivity contribution is 0.0934. The van der Waals surface area contributed by atoms with Gasteiger partial charge >= 0.3 is 0 Å². The number of amides is 1. The lowest BCUT2D eigenvalue weighted by Gasteiger charge is -2.19. The molecular formula is C23H20N4O4. The Hall–Kier alpha value is -3.94. The molecule has 4 aromatic rings. The largest absolute Gasteiger partial charge is 0.486 e. The predicted molar refractivity (Wildman–Crippen MR) is 113 cm³/mol. The lowest BCUT2D eigenvalue weighted by Crippen LogP contribution is -2.27.